The first-order chi connectivity index (χ1) is 14.2. The van der Waals surface area contributed by atoms with Gasteiger partial charge in [0.25, 0.3) is 0 Å². The molecule has 0 radical (unpaired) electrons. The summed E-state index contributed by atoms with van der Waals surface area (Å²) in [6.45, 7) is 5.83. The first kappa shape index (κ1) is 19.6. The Morgan fingerprint density at radius 3 is 2.66 bits per heavy atom. The van der Waals surface area contributed by atoms with E-state index in [2.05, 4.69) is 51.0 Å². The van der Waals surface area contributed by atoms with Crippen molar-refractivity contribution in [3.63, 3.8) is 0 Å². The number of aromatic amines is 1. The number of aromatic nitrogens is 4. The molecule has 8 nitrogen and oxygen atoms in total. The average Bonchev–Trinajstić information content (AvgIpc) is 3.37. The lowest BCUT2D eigenvalue weighted by Crippen LogP contribution is -2.23. The number of ether oxygens (including phenoxy) is 2. The third-order valence-electron chi connectivity index (χ3n) is 5.50. The topological polar surface area (TPSA) is 85.3 Å². The molecule has 154 valence electrons. The van der Waals surface area contributed by atoms with Crippen LogP contribution in [-0.4, -0.2) is 57.8 Å². The van der Waals surface area contributed by atoms with E-state index in [9.17, 15) is 4.79 Å². The van der Waals surface area contributed by atoms with Gasteiger partial charge in [0, 0.05) is 13.2 Å². The van der Waals surface area contributed by atoms with Gasteiger partial charge in [0.1, 0.15) is 12.1 Å². The summed E-state index contributed by atoms with van der Waals surface area (Å²) < 4.78 is 12.1. The summed E-state index contributed by atoms with van der Waals surface area (Å²) in [6.07, 6.45) is 4.14. The average molecular weight is 397 g/mol. The first-order valence-electron chi connectivity index (χ1n) is 10.1. The zero-order valence-corrected chi connectivity index (χ0v) is 16.9. The van der Waals surface area contributed by atoms with E-state index < -0.39 is 0 Å². The summed E-state index contributed by atoms with van der Waals surface area (Å²) in [5.41, 5.74) is 3.27. The molecular formula is C21H27N5O3. The van der Waals surface area contributed by atoms with Gasteiger partial charge in [0.05, 0.1) is 19.3 Å². The molecule has 1 atom stereocenters. The van der Waals surface area contributed by atoms with Crippen LogP contribution in [0.4, 0.5) is 0 Å². The zero-order valence-electron chi connectivity index (χ0n) is 16.9. The van der Waals surface area contributed by atoms with Gasteiger partial charge in [-0.05, 0) is 44.0 Å². The Kier molecular flexibility index (Phi) is 5.92. The first-order valence-corrected chi connectivity index (χ1v) is 10.1. The maximum atomic E-state index is 12.4. The van der Waals surface area contributed by atoms with E-state index in [4.69, 9.17) is 9.47 Å². The highest BCUT2D eigenvalue weighted by Gasteiger charge is 2.19. The standard InChI is InChI=1S/C21H27N5O3/c1-15(25-9-3-4-10-25)17-7-5-16(6-8-17)14-26-19-18(23-21(26)27)13-22-20(24-19)29-12-11-28-2/h5-8,13,15H,3-4,9-12,14H2,1-2H3,(H,23,27). The normalized spacial score (nSPS) is 15.8. The minimum absolute atomic E-state index is 0.210. The third kappa shape index (κ3) is 4.33. The molecule has 0 aliphatic carbocycles. The van der Waals surface area contributed by atoms with Crippen LogP contribution in [0.1, 0.15) is 36.9 Å². The van der Waals surface area contributed by atoms with Gasteiger partial charge in [-0.15, -0.1) is 0 Å². The summed E-state index contributed by atoms with van der Waals surface area (Å²) >= 11 is 0. The molecule has 1 aliphatic heterocycles. The molecule has 3 aromatic rings. The summed E-state index contributed by atoms with van der Waals surface area (Å²) in [5, 5.41) is 0. The number of hydrogen-bond donors (Lipinski definition) is 1. The minimum Gasteiger partial charge on any atom is -0.461 e. The fourth-order valence-electron chi connectivity index (χ4n) is 3.79. The molecule has 0 spiro atoms. The number of H-pyrrole nitrogens is 1. The Morgan fingerprint density at radius 2 is 1.93 bits per heavy atom. The van der Waals surface area contributed by atoms with Crippen LogP contribution in [0.25, 0.3) is 11.2 Å². The largest absolute Gasteiger partial charge is 0.461 e. The number of methoxy groups -OCH3 is 1. The molecule has 4 rings (SSSR count). The third-order valence-corrected chi connectivity index (χ3v) is 5.50. The molecule has 1 aromatic carbocycles. The van der Waals surface area contributed by atoms with Crippen LogP contribution < -0.4 is 10.4 Å². The smallest absolute Gasteiger partial charge is 0.328 e. The monoisotopic (exact) mass is 397 g/mol. The molecule has 0 bridgehead atoms. The van der Waals surface area contributed by atoms with Crippen LogP contribution in [0.5, 0.6) is 6.01 Å². The molecular weight excluding hydrogens is 370 g/mol. The number of nitrogens with zero attached hydrogens (tertiary/aromatic N) is 4. The van der Waals surface area contributed by atoms with Crippen molar-refractivity contribution in [1.29, 1.82) is 0 Å². The van der Waals surface area contributed by atoms with E-state index >= 15 is 0 Å². The number of benzene rings is 1. The van der Waals surface area contributed by atoms with Gasteiger partial charge < -0.3 is 14.5 Å². The predicted molar refractivity (Wildman–Crippen MR) is 110 cm³/mol. The van der Waals surface area contributed by atoms with Crippen molar-refractivity contribution in [1.82, 2.24) is 24.4 Å². The highest BCUT2D eigenvalue weighted by molar-refractivity contribution is 5.69. The van der Waals surface area contributed by atoms with E-state index in [1.165, 1.54) is 31.5 Å². The van der Waals surface area contributed by atoms with Crippen molar-refractivity contribution in [2.24, 2.45) is 0 Å². The molecule has 0 amide bonds. The van der Waals surface area contributed by atoms with Gasteiger partial charge in [-0.2, -0.15) is 4.98 Å². The van der Waals surface area contributed by atoms with Crippen LogP contribution in [0.2, 0.25) is 0 Å². The Balaban J connectivity index is 1.53. The van der Waals surface area contributed by atoms with E-state index in [1.807, 2.05) is 0 Å². The second-order valence-corrected chi connectivity index (χ2v) is 7.41. The number of rotatable bonds is 8. The number of imidazole rings is 1. The fraction of sp³-hybridized carbons (Fsp3) is 0.476. The Labute approximate surface area is 169 Å². The van der Waals surface area contributed by atoms with Gasteiger partial charge >= 0.3 is 11.7 Å². The van der Waals surface area contributed by atoms with E-state index in [1.54, 1.807) is 17.9 Å². The van der Waals surface area contributed by atoms with Crippen molar-refractivity contribution in [3.05, 3.63) is 52.1 Å². The molecule has 1 saturated heterocycles. The lowest BCUT2D eigenvalue weighted by molar-refractivity contribution is 0.141. The maximum absolute atomic E-state index is 12.4. The Morgan fingerprint density at radius 1 is 1.17 bits per heavy atom. The quantitative estimate of drug-likeness (QED) is 0.588. The molecule has 1 N–H and O–H groups in total. The number of likely N-dealkylation sites (tertiary alicyclic amines) is 1. The molecule has 1 fully saturated rings. The van der Waals surface area contributed by atoms with Crippen LogP contribution in [0.3, 0.4) is 0 Å². The number of nitrogens with one attached hydrogen (secondary N) is 1. The maximum Gasteiger partial charge on any atom is 0.328 e. The fourth-order valence-corrected chi connectivity index (χ4v) is 3.79. The zero-order chi connectivity index (χ0) is 20.2. The summed E-state index contributed by atoms with van der Waals surface area (Å²) in [7, 11) is 1.61. The minimum atomic E-state index is -0.210. The van der Waals surface area contributed by atoms with Crippen molar-refractivity contribution in [2.45, 2.75) is 32.4 Å². The van der Waals surface area contributed by atoms with E-state index in [0.717, 1.165) is 5.56 Å². The van der Waals surface area contributed by atoms with Crippen molar-refractivity contribution < 1.29 is 9.47 Å². The molecule has 0 saturated carbocycles. The highest BCUT2D eigenvalue weighted by atomic mass is 16.5. The number of fused-ring (bicyclic) bond motifs is 1. The van der Waals surface area contributed by atoms with Gasteiger partial charge in [-0.3, -0.25) is 9.47 Å². The van der Waals surface area contributed by atoms with Crippen LogP contribution >= 0.6 is 0 Å². The Bertz CT molecular complexity index is 1010. The molecule has 8 heteroatoms. The van der Waals surface area contributed by atoms with Crippen LogP contribution in [0, 0.1) is 0 Å². The second-order valence-electron chi connectivity index (χ2n) is 7.41. The SMILES string of the molecule is COCCOc1ncc2[nH]c(=O)n(Cc3ccc(C(C)N4CCCC4)cc3)c2n1. The molecule has 29 heavy (non-hydrogen) atoms. The van der Waals surface area contributed by atoms with Crippen LogP contribution in [-0.2, 0) is 11.3 Å². The van der Waals surface area contributed by atoms with Crippen molar-refractivity contribution in [3.8, 4) is 6.01 Å². The summed E-state index contributed by atoms with van der Waals surface area (Å²) in [5.74, 6) is 0. The van der Waals surface area contributed by atoms with Gasteiger partial charge in [0.15, 0.2) is 5.65 Å². The van der Waals surface area contributed by atoms with E-state index in [0.29, 0.717) is 37.0 Å². The van der Waals surface area contributed by atoms with E-state index in [-0.39, 0.29) is 11.7 Å². The molecule has 2 aromatic heterocycles. The van der Waals surface area contributed by atoms with Gasteiger partial charge in [-0.25, -0.2) is 9.78 Å². The van der Waals surface area contributed by atoms with Crippen molar-refractivity contribution >= 4 is 11.2 Å². The molecule has 1 unspecified atom stereocenters. The predicted octanol–water partition coefficient (Wildman–Crippen LogP) is 2.35. The van der Waals surface area contributed by atoms with Crippen molar-refractivity contribution in [2.75, 3.05) is 33.4 Å². The lowest BCUT2D eigenvalue weighted by atomic mass is 10.0. The molecule has 3 heterocycles. The number of hydrogen-bond acceptors (Lipinski definition) is 6. The Hall–Kier alpha value is -2.71. The van der Waals surface area contributed by atoms with Gasteiger partial charge in [-0.1, -0.05) is 24.3 Å². The summed E-state index contributed by atoms with van der Waals surface area (Å²) in [4.78, 5) is 26.3. The lowest BCUT2D eigenvalue weighted by Gasteiger charge is -2.24. The van der Waals surface area contributed by atoms with Crippen LogP contribution in [0.15, 0.2) is 35.3 Å². The molecule has 1 aliphatic rings. The second kappa shape index (κ2) is 8.75. The van der Waals surface area contributed by atoms with Gasteiger partial charge in [0.2, 0.25) is 0 Å². The highest BCUT2D eigenvalue weighted by Crippen LogP contribution is 2.25. The summed E-state index contributed by atoms with van der Waals surface area (Å²) in [6, 6.07) is 9.15.